The summed E-state index contributed by atoms with van der Waals surface area (Å²) in [6.07, 6.45) is 0. The Morgan fingerprint density at radius 1 is 0.882 bits per heavy atom. The summed E-state index contributed by atoms with van der Waals surface area (Å²) in [4.78, 5) is 0. The molecule has 0 unspecified atom stereocenters. The van der Waals surface area contributed by atoms with Gasteiger partial charge in [-0.25, -0.2) is 0 Å². The maximum Gasteiger partial charge on any atom is 0.489 e. The van der Waals surface area contributed by atoms with Gasteiger partial charge in [0.2, 0.25) is 0 Å². The van der Waals surface area contributed by atoms with E-state index in [-0.39, 0.29) is 5.41 Å². The fraction of sp³-hybridized carbons (Fsp3) is 0.286. The van der Waals surface area contributed by atoms with Crippen LogP contribution in [-0.4, -0.2) is 17.2 Å². The normalized spacial score (nSPS) is 11.8. The number of hydrogen-bond donors (Lipinski definition) is 2. The van der Waals surface area contributed by atoms with Crippen LogP contribution >= 0.6 is 0 Å². The fourth-order valence-corrected chi connectivity index (χ4v) is 2.20. The van der Waals surface area contributed by atoms with Crippen molar-refractivity contribution in [3.05, 3.63) is 42.0 Å². The van der Waals surface area contributed by atoms with Crippen LogP contribution in [0.4, 0.5) is 0 Å². The van der Waals surface area contributed by atoms with E-state index in [1.807, 2.05) is 30.3 Å². The lowest BCUT2D eigenvalue weighted by Crippen LogP contribution is -2.31. The van der Waals surface area contributed by atoms with Crippen molar-refractivity contribution in [3.63, 3.8) is 0 Å². The van der Waals surface area contributed by atoms with Crippen molar-refractivity contribution < 1.29 is 10.0 Å². The van der Waals surface area contributed by atoms with Gasteiger partial charge in [0.25, 0.3) is 0 Å². The van der Waals surface area contributed by atoms with E-state index >= 15 is 0 Å². The van der Waals surface area contributed by atoms with E-state index in [2.05, 4.69) is 20.8 Å². The van der Waals surface area contributed by atoms with Gasteiger partial charge < -0.3 is 10.0 Å². The van der Waals surface area contributed by atoms with Crippen molar-refractivity contribution in [2.45, 2.75) is 26.2 Å². The van der Waals surface area contributed by atoms with Gasteiger partial charge in [-0.15, -0.1) is 0 Å². The smallest absolute Gasteiger partial charge is 0.423 e. The van der Waals surface area contributed by atoms with Crippen molar-refractivity contribution in [2.24, 2.45) is 0 Å². The molecule has 0 saturated heterocycles. The standard InChI is InChI=1S/C14H17BO2/c1-14(2,3)12-8-9-13(15(16)17)11-7-5-4-6-10(11)12/h4-9,16-17H,1-3H3. The Labute approximate surface area is 102 Å². The molecular weight excluding hydrogens is 211 g/mol. The number of rotatable bonds is 1. The summed E-state index contributed by atoms with van der Waals surface area (Å²) in [5, 5.41) is 20.7. The Morgan fingerprint density at radius 2 is 1.47 bits per heavy atom. The maximum atomic E-state index is 9.37. The van der Waals surface area contributed by atoms with Gasteiger partial charge in [-0.05, 0) is 27.2 Å². The minimum absolute atomic E-state index is 0.0402. The zero-order valence-corrected chi connectivity index (χ0v) is 10.4. The Kier molecular flexibility index (Phi) is 2.98. The average Bonchev–Trinajstić information content (AvgIpc) is 2.26. The van der Waals surface area contributed by atoms with Crippen molar-refractivity contribution >= 4 is 23.4 Å². The molecule has 0 atom stereocenters. The molecular formula is C14H17BO2. The SMILES string of the molecule is CC(C)(C)c1ccc(B(O)O)c2ccccc12. The molecule has 3 heteroatoms. The van der Waals surface area contributed by atoms with Gasteiger partial charge in [-0.2, -0.15) is 0 Å². The number of hydrogen-bond acceptors (Lipinski definition) is 2. The Bertz CT molecular complexity index is 541. The van der Waals surface area contributed by atoms with E-state index in [1.165, 1.54) is 5.56 Å². The molecule has 0 amide bonds. The van der Waals surface area contributed by atoms with Crippen LogP contribution in [0.25, 0.3) is 10.8 Å². The highest BCUT2D eigenvalue weighted by Crippen LogP contribution is 2.28. The molecule has 0 saturated carbocycles. The van der Waals surface area contributed by atoms with Gasteiger partial charge in [-0.1, -0.05) is 57.2 Å². The Hall–Kier alpha value is -1.32. The largest absolute Gasteiger partial charge is 0.489 e. The van der Waals surface area contributed by atoms with Crippen LogP contribution < -0.4 is 5.46 Å². The van der Waals surface area contributed by atoms with E-state index in [1.54, 1.807) is 6.07 Å². The first-order valence-electron chi connectivity index (χ1n) is 5.79. The molecule has 0 heterocycles. The van der Waals surface area contributed by atoms with Crippen LogP contribution in [0.15, 0.2) is 36.4 Å². The van der Waals surface area contributed by atoms with Crippen LogP contribution in [0.1, 0.15) is 26.3 Å². The molecule has 0 radical (unpaired) electrons. The highest BCUT2D eigenvalue weighted by Gasteiger charge is 2.21. The van der Waals surface area contributed by atoms with Crippen LogP contribution in [0, 0.1) is 0 Å². The van der Waals surface area contributed by atoms with Gasteiger partial charge in [0.05, 0.1) is 0 Å². The minimum Gasteiger partial charge on any atom is -0.423 e. The summed E-state index contributed by atoms with van der Waals surface area (Å²) in [6, 6.07) is 11.6. The van der Waals surface area contributed by atoms with E-state index in [0.29, 0.717) is 5.46 Å². The Morgan fingerprint density at radius 3 is 2.00 bits per heavy atom. The molecule has 2 nitrogen and oxygen atoms in total. The molecule has 0 fully saturated rings. The predicted octanol–water partition coefficient (Wildman–Crippen LogP) is 1.82. The third kappa shape index (κ3) is 2.21. The second kappa shape index (κ2) is 4.17. The first kappa shape index (κ1) is 12.2. The van der Waals surface area contributed by atoms with Crippen LogP contribution in [0.5, 0.6) is 0 Å². The molecule has 0 aliphatic carbocycles. The lowest BCUT2D eigenvalue weighted by atomic mass is 9.74. The molecule has 0 aliphatic heterocycles. The van der Waals surface area contributed by atoms with Crippen LogP contribution in [-0.2, 0) is 5.41 Å². The summed E-state index contributed by atoms with van der Waals surface area (Å²) < 4.78 is 0. The minimum atomic E-state index is -1.42. The second-order valence-corrected chi connectivity index (χ2v) is 5.37. The average molecular weight is 228 g/mol. The molecule has 2 N–H and O–H groups in total. The van der Waals surface area contributed by atoms with E-state index < -0.39 is 7.12 Å². The molecule has 88 valence electrons. The third-order valence-corrected chi connectivity index (χ3v) is 3.04. The lowest BCUT2D eigenvalue weighted by Gasteiger charge is -2.22. The van der Waals surface area contributed by atoms with E-state index in [9.17, 15) is 10.0 Å². The summed E-state index contributed by atoms with van der Waals surface area (Å²) >= 11 is 0. The third-order valence-electron chi connectivity index (χ3n) is 3.04. The van der Waals surface area contributed by atoms with Crippen molar-refractivity contribution in [2.75, 3.05) is 0 Å². The molecule has 0 spiro atoms. The predicted molar refractivity (Wildman–Crippen MR) is 72.5 cm³/mol. The molecule has 0 aliphatic rings. The van der Waals surface area contributed by atoms with Gasteiger partial charge in [0.15, 0.2) is 0 Å². The first-order chi connectivity index (χ1) is 7.91. The van der Waals surface area contributed by atoms with Crippen molar-refractivity contribution in [3.8, 4) is 0 Å². The molecule has 0 bridgehead atoms. The Balaban J connectivity index is 2.80. The number of benzene rings is 2. The molecule has 2 rings (SSSR count). The summed E-state index contributed by atoms with van der Waals surface area (Å²) in [7, 11) is -1.42. The van der Waals surface area contributed by atoms with E-state index in [4.69, 9.17) is 0 Å². The fourth-order valence-electron chi connectivity index (χ4n) is 2.20. The summed E-state index contributed by atoms with van der Waals surface area (Å²) in [5.41, 5.74) is 1.82. The van der Waals surface area contributed by atoms with Crippen LogP contribution in [0.2, 0.25) is 0 Å². The summed E-state index contributed by atoms with van der Waals surface area (Å²) in [6.45, 7) is 6.47. The molecule has 17 heavy (non-hydrogen) atoms. The van der Waals surface area contributed by atoms with Gasteiger partial charge in [0.1, 0.15) is 0 Å². The van der Waals surface area contributed by atoms with Crippen molar-refractivity contribution in [1.82, 2.24) is 0 Å². The summed E-state index contributed by atoms with van der Waals surface area (Å²) in [5.74, 6) is 0. The zero-order valence-electron chi connectivity index (χ0n) is 10.4. The molecule has 2 aromatic rings. The second-order valence-electron chi connectivity index (χ2n) is 5.37. The number of fused-ring (bicyclic) bond motifs is 1. The van der Waals surface area contributed by atoms with Gasteiger partial charge in [-0.3, -0.25) is 0 Å². The maximum absolute atomic E-state index is 9.37. The topological polar surface area (TPSA) is 40.5 Å². The highest BCUT2D eigenvalue weighted by atomic mass is 16.4. The van der Waals surface area contributed by atoms with Gasteiger partial charge in [0, 0.05) is 0 Å². The molecule has 2 aromatic carbocycles. The quantitative estimate of drug-likeness (QED) is 0.731. The van der Waals surface area contributed by atoms with E-state index in [0.717, 1.165) is 10.8 Å². The van der Waals surface area contributed by atoms with Crippen LogP contribution in [0.3, 0.4) is 0 Å². The monoisotopic (exact) mass is 228 g/mol. The molecule has 0 aromatic heterocycles. The highest BCUT2D eigenvalue weighted by molar-refractivity contribution is 6.62. The first-order valence-corrected chi connectivity index (χ1v) is 5.79. The van der Waals surface area contributed by atoms with Crippen molar-refractivity contribution in [1.29, 1.82) is 0 Å². The zero-order chi connectivity index (χ0) is 12.6. The van der Waals surface area contributed by atoms with Gasteiger partial charge >= 0.3 is 7.12 Å². The lowest BCUT2D eigenvalue weighted by molar-refractivity contribution is 0.426.